The number of sulfonamides is 1. The van der Waals surface area contributed by atoms with Crippen molar-refractivity contribution in [1.82, 2.24) is 19.3 Å². The Morgan fingerprint density at radius 2 is 1.64 bits per heavy atom. The average molecular weight is 465 g/mol. The Hall–Kier alpha value is -3.43. The monoisotopic (exact) mass is 464 g/mol. The molecule has 0 atom stereocenters. The lowest BCUT2D eigenvalue weighted by atomic mass is 10.1. The van der Waals surface area contributed by atoms with Gasteiger partial charge in [0.1, 0.15) is 0 Å². The van der Waals surface area contributed by atoms with Gasteiger partial charge in [-0.25, -0.2) is 22.6 Å². The summed E-state index contributed by atoms with van der Waals surface area (Å²) in [6, 6.07) is 16.4. The van der Waals surface area contributed by atoms with E-state index in [1.54, 1.807) is 43.0 Å². The van der Waals surface area contributed by atoms with Crippen LogP contribution in [0.2, 0.25) is 0 Å². The zero-order chi connectivity index (χ0) is 23.2. The SMILES string of the molecule is COc1ccc(-c2ccc3nc(C)c(-c4ccc(S(=O)(=O)NC5CC5)cc4)n3n2)cc1OC. The van der Waals surface area contributed by atoms with Gasteiger partial charge in [0.05, 0.1) is 36.2 Å². The minimum atomic E-state index is -3.50. The molecule has 5 rings (SSSR count). The molecule has 1 fully saturated rings. The molecule has 1 N–H and O–H groups in total. The Balaban J connectivity index is 1.54. The predicted molar refractivity (Wildman–Crippen MR) is 125 cm³/mol. The van der Waals surface area contributed by atoms with Crippen LogP contribution in [0.25, 0.3) is 28.2 Å². The maximum absolute atomic E-state index is 12.5. The summed E-state index contributed by atoms with van der Waals surface area (Å²) >= 11 is 0. The normalized spacial score (nSPS) is 13.9. The lowest BCUT2D eigenvalue weighted by molar-refractivity contribution is 0.355. The molecule has 2 aromatic heterocycles. The molecule has 4 aromatic rings. The van der Waals surface area contributed by atoms with Gasteiger partial charge in [0.2, 0.25) is 10.0 Å². The molecular formula is C24H24N4O4S. The second kappa shape index (κ2) is 8.17. The number of ether oxygens (including phenoxy) is 2. The van der Waals surface area contributed by atoms with Crippen molar-refractivity contribution in [2.45, 2.75) is 30.7 Å². The van der Waals surface area contributed by atoms with Crippen LogP contribution in [0, 0.1) is 6.92 Å². The van der Waals surface area contributed by atoms with E-state index in [4.69, 9.17) is 14.6 Å². The van der Waals surface area contributed by atoms with Crippen molar-refractivity contribution in [3.8, 4) is 34.0 Å². The van der Waals surface area contributed by atoms with Crippen molar-refractivity contribution >= 4 is 15.7 Å². The Labute approximate surface area is 192 Å². The Morgan fingerprint density at radius 3 is 2.30 bits per heavy atom. The van der Waals surface area contributed by atoms with Crippen molar-refractivity contribution in [3.05, 3.63) is 60.3 Å². The second-order valence-corrected chi connectivity index (χ2v) is 9.74. The van der Waals surface area contributed by atoms with Crippen LogP contribution in [-0.2, 0) is 10.0 Å². The van der Waals surface area contributed by atoms with Gasteiger partial charge in [0, 0.05) is 17.2 Å². The molecule has 170 valence electrons. The molecule has 2 heterocycles. The van der Waals surface area contributed by atoms with Crippen LogP contribution in [-0.4, -0.2) is 43.3 Å². The maximum Gasteiger partial charge on any atom is 0.240 e. The third kappa shape index (κ3) is 4.05. The van der Waals surface area contributed by atoms with Crippen LogP contribution < -0.4 is 14.2 Å². The van der Waals surface area contributed by atoms with Crippen molar-refractivity contribution in [3.63, 3.8) is 0 Å². The van der Waals surface area contributed by atoms with Gasteiger partial charge in [0.25, 0.3) is 0 Å². The van der Waals surface area contributed by atoms with Gasteiger partial charge in [0.15, 0.2) is 17.1 Å². The number of aromatic nitrogens is 3. The van der Waals surface area contributed by atoms with E-state index in [0.717, 1.165) is 41.1 Å². The Kier molecular flexibility index (Phi) is 5.30. The lowest BCUT2D eigenvalue weighted by Crippen LogP contribution is -2.25. The van der Waals surface area contributed by atoms with Crippen LogP contribution >= 0.6 is 0 Å². The van der Waals surface area contributed by atoms with Crippen molar-refractivity contribution in [2.24, 2.45) is 0 Å². The number of nitrogens with one attached hydrogen (secondary N) is 1. The summed E-state index contributed by atoms with van der Waals surface area (Å²) in [5.41, 5.74) is 4.78. The highest BCUT2D eigenvalue weighted by atomic mass is 32.2. The fourth-order valence-corrected chi connectivity index (χ4v) is 5.11. The van der Waals surface area contributed by atoms with Crippen LogP contribution in [0.4, 0.5) is 0 Å². The fourth-order valence-electron chi connectivity index (χ4n) is 3.80. The van der Waals surface area contributed by atoms with Gasteiger partial charge >= 0.3 is 0 Å². The van der Waals surface area contributed by atoms with E-state index in [0.29, 0.717) is 17.1 Å². The number of methoxy groups -OCH3 is 2. The first-order valence-electron chi connectivity index (χ1n) is 10.6. The smallest absolute Gasteiger partial charge is 0.240 e. The van der Waals surface area contributed by atoms with Gasteiger partial charge < -0.3 is 9.47 Å². The molecule has 0 amide bonds. The molecule has 33 heavy (non-hydrogen) atoms. The number of nitrogens with zero attached hydrogens (tertiary/aromatic N) is 3. The van der Waals surface area contributed by atoms with Crippen LogP contribution in [0.3, 0.4) is 0 Å². The van der Waals surface area contributed by atoms with E-state index in [-0.39, 0.29) is 10.9 Å². The number of imidazole rings is 1. The molecule has 0 aliphatic heterocycles. The van der Waals surface area contributed by atoms with E-state index >= 15 is 0 Å². The summed E-state index contributed by atoms with van der Waals surface area (Å²) in [5, 5.41) is 4.82. The first kappa shape index (κ1) is 21.4. The molecule has 9 heteroatoms. The highest BCUT2D eigenvalue weighted by Gasteiger charge is 2.28. The summed E-state index contributed by atoms with van der Waals surface area (Å²) in [6.07, 6.45) is 1.79. The van der Waals surface area contributed by atoms with E-state index in [9.17, 15) is 8.42 Å². The molecule has 2 aromatic carbocycles. The molecule has 0 saturated heterocycles. The van der Waals surface area contributed by atoms with Crippen molar-refractivity contribution in [1.29, 1.82) is 0 Å². The van der Waals surface area contributed by atoms with Crippen molar-refractivity contribution in [2.75, 3.05) is 14.2 Å². The summed E-state index contributed by atoms with van der Waals surface area (Å²) in [7, 11) is -0.306. The van der Waals surface area contributed by atoms with Gasteiger partial charge in [-0.15, -0.1) is 0 Å². The zero-order valence-corrected chi connectivity index (χ0v) is 19.4. The minimum absolute atomic E-state index is 0.0647. The largest absolute Gasteiger partial charge is 0.493 e. The quantitative estimate of drug-likeness (QED) is 0.447. The molecule has 8 nitrogen and oxygen atoms in total. The molecule has 0 spiro atoms. The molecule has 0 unspecified atom stereocenters. The molecule has 1 saturated carbocycles. The molecule has 1 aliphatic carbocycles. The van der Waals surface area contributed by atoms with Crippen LogP contribution in [0.1, 0.15) is 18.5 Å². The van der Waals surface area contributed by atoms with Gasteiger partial charge in [-0.1, -0.05) is 12.1 Å². The number of hydrogen-bond donors (Lipinski definition) is 1. The van der Waals surface area contributed by atoms with E-state index in [2.05, 4.69) is 9.71 Å². The van der Waals surface area contributed by atoms with Crippen molar-refractivity contribution < 1.29 is 17.9 Å². The third-order valence-electron chi connectivity index (χ3n) is 5.67. The first-order chi connectivity index (χ1) is 15.9. The number of benzene rings is 2. The summed E-state index contributed by atoms with van der Waals surface area (Å²) < 4.78 is 40.2. The molecule has 1 aliphatic rings. The number of hydrogen-bond acceptors (Lipinski definition) is 6. The highest BCUT2D eigenvalue weighted by molar-refractivity contribution is 7.89. The maximum atomic E-state index is 12.5. The number of aryl methyl sites for hydroxylation is 1. The topological polar surface area (TPSA) is 94.8 Å². The summed E-state index contributed by atoms with van der Waals surface area (Å²) in [4.78, 5) is 4.88. The van der Waals surface area contributed by atoms with Gasteiger partial charge in [-0.2, -0.15) is 5.10 Å². The lowest BCUT2D eigenvalue weighted by Gasteiger charge is -2.10. The zero-order valence-electron chi connectivity index (χ0n) is 18.6. The third-order valence-corrected chi connectivity index (χ3v) is 7.20. The van der Waals surface area contributed by atoms with E-state index in [1.165, 1.54) is 0 Å². The van der Waals surface area contributed by atoms with Gasteiger partial charge in [-0.05, 0) is 62.2 Å². The predicted octanol–water partition coefficient (Wildman–Crippen LogP) is 3.83. The van der Waals surface area contributed by atoms with Crippen LogP contribution in [0.5, 0.6) is 11.5 Å². The summed E-state index contributed by atoms with van der Waals surface area (Å²) in [6.45, 7) is 1.92. The number of fused-ring (bicyclic) bond motifs is 1. The van der Waals surface area contributed by atoms with E-state index < -0.39 is 10.0 Å². The molecule has 0 bridgehead atoms. The minimum Gasteiger partial charge on any atom is -0.493 e. The number of rotatable bonds is 7. The molecular weight excluding hydrogens is 440 g/mol. The van der Waals surface area contributed by atoms with Crippen LogP contribution in [0.15, 0.2) is 59.5 Å². The standard InChI is InChI=1S/C24H24N4O4S/c1-15-24(16-4-9-19(10-5-16)33(29,30)27-18-7-8-18)28-23(25-15)13-11-20(26-28)17-6-12-21(31-2)22(14-17)32-3/h4-6,9-14,18,27H,7-8H2,1-3H3. The second-order valence-electron chi connectivity index (χ2n) is 8.02. The average Bonchev–Trinajstić information content (AvgIpc) is 3.56. The Morgan fingerprint density at radius 1 is 0.939 bits per heavy atom. The fraction of sp³-hybridized carbons (Fsp3) is 0.250. The Bertz CT molecular complexity index is 1440. The summed E-state index contributed by atoms with van der Waals surface area (Å²) in [5.74, 6) is 1.27. The highest BCUT2D eigenvalue weighted by Crippen LogP contribution is 2.33. The van der Waals surface area contributed by atoms with Gasteiger partial charge in [-0.3, -0.25) is 0 Å². The van der Waals surface area contributed by atoms with E-state index in [1.807, 2.05) is 37.3 Å². The molecule has 0 radical (unpaired) electrons. The first-order valence-corrected chi connectivity index (χ1v) is 12.1.